The van der Waals surface area contributed by atoms with E-state index in [2.05, 4.69) is 5.32 Å². The highest BCUT2D eigenvalue weighted by Gasteiger charge is 2.41. The Labute approximate surface area is 133 Å². The van der Waals surface area contributed by atoms with Crippen molar-refractivity contribution >= 4 is 29.1 Å². The first-order valence-corrected chi connectivity index (χ1v) is 7.60. The minimum absolute atomic E-state index is 0.451. The van der Waals surface area contributed by atoms with Crippen LogP contribution in [0.1, 0.15) is 12.8 Å². The molecule has 2 aliphatic heterocycles. The van der Waals surface area contributed by atoms with Gasteiger partial charge in [0.15, 0.2) is 5.79 Å². The average Bonchev–Trinajstić information content (AvgIpc) is 2.98. The molecular weight excluding hydrogens is 308 g/mol. The number of hydrogen-bond donors (Lipinski definition) is 1. The molecular formula is C15H17ClN2O4. The molecule has 0 atom stereocenters. The third kappa shape index (κ3) is 3.24. The highest BCUT2D eigenvalue weighted by molar-refractivity contribution is 6.39. The molecule has 1 aromatic rings. The molecule has 1 aromatic carbocycles. The monoisotopic (exact) mass is 324 g/mol. The first kappa shape index (κ1) is 15.3. The van der Waals surface area contributed by atoms with Crippen LogP contribution in [0.15, 0.2) is 24.3 Å². The summed E-state index contributed by atoms with van der Waals surface area (Å²) in [6.45, 7) is 2.08. The van der Waals surface area contributed by atoms with Crippen molar-refractivity contribution in [1.29, 1.82) is 0 Å². The molecule has 118 valence electrons. The van der Waals surface area contributed by atoms with Gasteiger partial charge in [-0.1, -0.05) is 11.6 Å². The number of hydrogen-bond acceptors (Lipinski definition) is 4. The first-order valence-electron chi connectivity index (χ1n) is 7.22. The molecule has 2 amide bonds. The van der Waals surface area contributed by atoms with Gasteiger partial charge in [0.05, 0.1) is 13.2 Å². The number of halogens is 1. The third-order valence-corrected chi connectivity index (χ3v) is 4.17. The van der Waals surface area contributed by atoms with Gasteiger partial charge in [-0.05, 0) is 24.3 Å². The van der Waals surface area contributed by atoms with Crippen LogP contribution in [0, 0.1) is 0 Å². The van der Waals surface area contributed by atoms with Gasteiger partial charge in [-0.15, -0.1) is 0 Å². The van der Waals surface area contributed by atoms with E-state index in [9.17, 15) is 9.59 Å². The largest absolute Gasteiger partial charge is 0.347 e. The Balaban J connectivity index is 1.55. The Morgan fingerprint density at radius 3 is 2.27 bits per heavy atom. The molecule has 1 N–H and O–H groups in total. The standard InChI is InChI=1S/C15H17ClN2O4/c16-11-1-3-12(4-2-11)17-13(19)14(20)18-7-5-15(6-8-18)21-9-10-22-15/h1-4H,5-10H2,(H,17,19). The van der Waals surface area contributed by atoms with Crippen LogP contribution in [-0.2, 0) is 19.1 Å². The molecule has 7 heteroatoms. The van der Waals surface area contributed by atoms with Gasteiger partial charge in [0, 0.05) is 36.6 Å². The highest BCUT2D eigenvalue weighted by Crippen LogP contribution is 2.31. The quantitative estimate of drug-likeness (QED) is 0.798. The van der Waals surface area contributed by atoms with E-state index < -0.39 is 17.6 Å². The maximum Gasteiger partial charge on any atom is 0.313 e. The number of benzene rings is 1. The van der Waals surface area contributed by atoms with Gasteiger partial charge in [0.25, 0.3) is 0 Å². The topological polar surface area (TPSA) is 67.9 Å². The van der Waals surface area contributed by atoms with E-state index >= 15 is 0 Å². The lowest BCUT2D eigenvalue weighted by molar-refractivity contribution is -0.187. The van der Waals surface area contributed by atoms with Crippen molar-refractivity contribution in [3.8, 4) is 0 Å². The number of carbonyl (C=O) groups is 2. The second kappa shape index (κ2) is 6.24. The van der Waals surface area contributed by atoms with Gasteiger partial charge < -0.3 is 19.7 Å². The lowest BCUT2D eigenvalue weighted by Gasteiger charge is -2.37. The van der Waals surface area contributed by atoms with E-state index in [0.29, 0.717) is 49.9 Å². The number of nitrogens with one attached hydrogen (secondary N) is 1. The average molecular weight is 325 g/mol. The van der Waals surface area contributed by atoms with Crippen molar-refractivity contribution in [3.05, 3.63) is 29.3 Å². The van der Waals surface area contributed by atoms with Crippen LogP contribution in [0.5, 0.6) is 0 Å². The highest BCUT2D eigenvalue weighted by atomic mass is 35.5. The minimum atomic E-state index is -0.647. The summed E-state index contributed by atoms with van der Waals surface area (Å²) in [6.07, 6.45) is 1.18. The van der Waals surface area contributed by atoms with Crippen molar-refractivity contribution in [1.82, 2.24) is 4.90 Å². The Bertz CT molecular complexity index is 559. The van der Waals surface area contributed by atoms with Crippen LogP contribution in [-0.4, -0.2) is 48.8 Å². The molecule has 0 saturated carbocycles. The molecule has 0 aromatic heterocycles. The summed E-state index contributed by atoms with van der Waals surface area (Å²) in [5.74, 6) is -1.74. The zero-order valence-corrected chi connectivity index (χ0v) is 12.8. The second-order valence-electron chi connectivity index (χ2n) is 5.36. The van der Waals surface area contributed by atoms with Crippen LogP contribution >= 0.6 is 11.6 Å². The van der Waals surface area contributed by atoms with Gasteiger partial charge in [-0.3, -0.25) is 9.59 Å². The van der Waals surface area contributed by atoms with Crippen LogP contribution in [0.25, 0.3) is 0 Å². The number of amides is 2. The molecule has 0 bridgehead atoms. The molecule has 0 aliphatic carbocycles. The van der Waals surface area contributed by atoms with Gasteiger partial charge in [-0.25, -0.2) is 0 Å². The maximum absolute atomic E-state index is 12.2. The summed E-state index contributed by atoms with van der Waals surface area (Å²) in [7, 11) is 0. The van der Waals surface area contributed by atoms with E-state index in [4.69, 9.17) is 21.1 Å². The molecule has 6 nitrogen and oxygen atoms in total. The summed E-state index contributed by atoms with van der Waals surface area (Å²) in [6, 6.07) is 6.61. The Hall–Kier alpha value is -1.63. The molecule has 1 spiro atoms. The summed E-state index contributed by atoms with van der Waals surface area (Å²) in [5.41, 5.74) is 0.540. The Morgan fingerprint density at radius 2 is 1.68 bits per heavy atom. The smallest absolute Gasteiger partial charge is 0.313 e. The van der Waals surface area contributed by atoms with Crippen molar-refractivity contribution < 1.29 is 19.1 Å². The normalized spacial score (nSPS) is 20.1. The molecule has 0 unspecified atom stereocenters. The fraction of sp³-hybridized carbons (Fsp3) is 0.467. The molecule has 22 heavy (non-hydrogen) atoms. The van der Waals surface area contributed by atoms with Gasteiger partial charge >= 0.3 is 11.8 Å². The Kier molecular flexibility index (Phi) is 4.33. The van der Waals surface area contributed by atoms with Crippen LogP contribution < -0.4 is 5.32 Å². The fourth-order valence-electron chi connectivity index (χ4n) is 2.70. The summed E-state index contributed by atoms with van der Waals surface area (Å²) >= 11 is 5.78. The van der Waals surface area contributed by atoms with E-state index in [-0.39, 0.29) is 0 Å². The van der Waals surface area contributed by atoms with E-state index in [1.807, 2.05) is 0 Å². The lowest BCUT2D eigenvalue weighted by Crippen LogP contribution is -2.50. The number of ether oxygens (including phenoxy) is 2. The number of piperidine rings is 1. The predicted octanol–water partition coefficient (Wildman–Crippen LogP) is 1.64. The summed E-state index contributed by atoms with van der Waals surface area (Å²) in [4.78, 5) is 25.7. The molecule has 2 aliphatic rings. The first-order chi connectivity index (χ1) is 10.6. The summed E-state index contributed by atoms with van der Waals surface area (Å²) < 4.78 is 11.2. The van der Waals surface area contributed by atoms with Crippen molar-refractivity contribution in [2.24, 2.45) is 0 Å². The number of rotatable bonds is 1. The number of likely N-dealkylation sites (tertiary alicyclic amines) is 1. The zero-order valence-electron chi connectivity index (χ0n) is 12.0. The van der Waals surface area contributed by atoms with Gasteiger partial charge in [0.1, 0.15) is 0 Å². The zero-order chi connectivity index (χ0) is 15.6. The molecule has 2 heterocycles. The summed E-state index contributed by atoms with van der Waals surface area (Å²) in [5, 5.41) is 3.15. The predicted molar refractivity (Wildman–Crippen MR) is 80.5 cm³/mol. The molecule has 2 saturated heterocycles. The van der Waals surface area contributed by atoms with Crippen LogP contribution in [0.2, 0.25) is 5.02 Å². The second-order valence-corrected chi connectivity index (χ2v) is 5.80. The SMILES string of the molecule is O=C(Nc1ccc(Cl)cc1)C(=O)N1CCC2(CC1)OCCO2. The van der Waals surface area contributed by atoms with E-state index in [1.165, 1.54) is 4.90 Å². The Morgan fingerprint density at radius 1 is 1.09 bits per heavy atom. The van der Waals surface area contributed by atoms with Gasteiger partial charge in [-0.2, -0.15) is 0 Å². The van der Waals surface area contributed by atoms with E-state index in [0.717, 1.165) is 0 Å². The number of nitrogens with zero attached hydrogens (tertiary/aromatic N) is 1. The van der Waals surface area contributed by atoms with Crippen LogP contribution in [0.3, 0.4) is 0 Å². The number of carbonyl (C=O) groups excluding carboxylic acids is 2. The van der Waals surface area contributed by atoms with Crippen molar-refractivity contribution in [3.63, 3.8) is 0 Å². The van der Waals surface area contributed by atoms with Crippen molar-refractivity contribution in [2.75, 3.05) is 31.6 Å². The molecule has 2 fully saturated rings. The third-order valence-electron chi connectivity index (χ3n) is 3.92. The minimum Gasteiger partial charge on any atom is -0.347 e. The maximum atomic E-state index is 12.2. The lowest BCUT2D eigenvalue weighted by atomic mass is 10.0. The van der Waals surface area contributed by atoms with E-state index in [1.54, 1.807) is 24.3 Å². The molecule has 3 rings (SSSR count). The molecule has 0 radical (unpaired) electrons. The fourth-order valence-corrected chi connectivity index (χ4v) is 2.82. The van der Waals surface area contributed by atoms with Crippen molar-refractivity contribution in [2.45, 2.75) is 18.6 Å². The van der Waals surface area contributed by atoms with Gasteiger partial charge in [0.2, 0.25) is 0 Å². The van der Waals surface area contributed by atoms with Crippen LogP contribution in [0.4, 0.5) is 5.69 Å². The number of anilines is 1.